The van der Waals surface area contributed by atoms with E-state index in [1.54, 1.807) is 25.3 Å². The van der Waals surface area contributed by atoms with Crippen LogP contribution in [-0.4, -0.2) is 53.3 Å². The van der Waals surface area contributed by atoms with Crippen LogP contribution in [0.15, 0.2) is 51.3 Å². The molecule has 2 aliphatic heterocycles. The van der Waals surface area contributed by atoms with Gasteiger partial charge < -0.3 is 14.0 Å². The van der Waals surface area contributed by atoms with Crippen LogP contribution in [0.5, 0.6) is 11.5 Å². The lowest BCUT2D eigenvalue weighted by Crippen LogP contribution is -2.39. The monoisotopic (exact) mass is 486 g/mol. The Balaban J connectivity index is 1.37. The number of carbonyl (C=O) groups is 2. The zero-order valence-corrected chi connectivity index (χ0v) is 18.6. The summed E-state index contributed by atoms with van der Waals surface area (Å²) in [4.78, 5) is 31.2. The number of anilines is 1. The number of methoxy groups -OCH3 is 2. The van der Waals surface area contributed by atoms with Crippen LogP contribution in [0.4, 0.5) is 10.1 Å². The van der Waals surface area contributed by atoms with E-state index >= 15 is 0 Å². The van der Waals surface area contributed by atoms with Crippen LogP contribution < -0.4 is 14.4 Å². The number of imide groups is 1. The van der Waals surface area contributed by atoms with Crippen molar-refractivity contribution in [3.63, 3.8) is 0 Å². The number of halogens is 2. The third-order valence-electron chi connectivity index (χ3n) is 5.43. The summed E-state index contributed by atoms with van der Waals surface area (Å²) in [5, 5.41) is 13.0. The van der Waals surface area contributed by atoms with E-state index in [2.05, 4.69) is 20.5 Å². The van der Waals surface area contributed by atoms with E-state index in [9.17, 15) is 14.0 Å². The number of ether oxygens (including phenoxy) is 2. The minimum Gasteiger partial charge on any atom is -0.497 e. The highest BCUT2D eigenvalue weighted by molar-refractivity contribution is 6.32. The molecule has 11 nitrogen and oxygen atoms in total. The molecule has 1 aromatic heterocycles. The molecule has 5 rings (SSSR count). The normalized spacial score (nSPS) is 19.2. The van der Waals surface area contributed by atoms with Crippen molar-refractivity contribution >= 4 is 29.1 Å². The van der Waals surface area contributed by atoms with Crippen LogP contribution in [0.25, 0.3) is 11.4 Å². The summed E-state index contributed by atoms with van der Waals surface area (Å²) in [6.07, 6.45) is 0. The summed E-state index contributed by atoms with van der Waals surface area (Å²) in [7, 11) is 3.05. The highest BCUT2D eigenvalue weighted by atomic mass is 35.5. The second-order valence-corrected chi connectivity index (χ2v) is 7.79. The van der Waals surface area contributed by atoms with Gasteiger partial charge in [-0.15, -0.1) is 0 Å². The number of carbonyl (C=O) groups excluding carboxylic acids is 2. The van der Waals surface area contributed by atoms with Gasteiger partial charge in [0.15, 0.2) is 12.1 Å². The van der Waals surface area contributed by atoms with Crippen molar-refractivity contribution in [3.05, 3.63) is 53.1 Å². The molecule has 174 valence electrons. The number of hydrogen-bond acceptors (Lipinski definition) is 10. The molecule has 2 aliphatic rings. The van der Waals surface area contributed by atoms with E-state index in [-0.39, 0.29) is 29.0 Å². The lowest BCUT2D eigenvalue weighted by atomic mass is 10.1. The maximum Gasteiger partial charge on any atom is 0.263 e. The minimum absolute atomic E-state index is 0.0623. The molecular formula is C21H16ClFN6O5. The number of nitrogens with zero attached hydrogens (tertiary/aromatic N) is 6. The first-order valence-electron chi connectivity index (χ1n) is 9.96. The van der Waals surface area contributed by atoms with Crippen molar-refractivity contribution in [1.82, 2.24) is 15.1 Å². The van der Waals surface area contributed by atoms with Gasteiger partial charge in [-0.2, -0.15) is 10.1 Å². The second-order valence-electron chi connectivity index (χ2n) is 7.38. The fourth-order valence-electron chi connectivity index (χ4n) is 3.78. The van der Waals surface area contributed by atoms with Gasteiger partial charge in [-0.05, 0) is 30.3 Å². The molecule has 0 saturated carbocycles. The lowest BCUT2D eigenvalue weighted by molar-refractivity contribution is -0.123. The molecular weight excluding hydrogens is 471 g/mol. The Morgan fingerprint density at radius 1 is 1.12 bits per heavy atom. The number of hydrogen-bond donors (Lipinski definition) is 0. The molecule has 2 atom stereocenters. The van der Waals surface area contributed by atoms with Gasteiger partial charge in [0.05, 0.1) is 30.5 Å². The Hall–Kier alpha value is -4.06. The third kappa shape index (κ3) is 3.52. The van der Waals surface area contributed by atoms with Gasteiger partial charge in [0.2, 0.25) is 11.7 Å². The standard InChI is InChI=1S/C21H16ClFN6O5/c1-32-11-4-5-12(15(8-11)33-2)19-24-16(34-26-19)9-28-18-17(25-27-28)20(30)29(21(18)31)10-3-6-14(23)13(22)7-10/h3-8,17-18H,9H2,1-2H3/t17-,18+/m1/s1. The highest BCUT2D eigenvalue weighted by Gasteiger charge is 2.55. The molecule has 0 radical (unpaired) electrons. The van der Waals surface area contributed by atoms with E-state index in [4.69, 9.17) is 25.6 Å². The second kappa shape index (κ2) is 8.37. The van der Waals surface area contributed by atoms with Gasteiger partial charge in [0, 0.05) is 6.07 Å². The molecule has 0 N–H and O–H groups in total. The van der Waals surface area contributed by atoms with Gasteiger partial charge in [0.1, 0.15) is 23.9 Å². The van der Waals surface area contributed by atoms with Gasteiger partial charge in [-0.1, -0.05) is 22.0 Å². The van der Waals surface area contributed by atoms with E-state index < -0.39 is 29.7 Å². The van der Waals surface area contributed by atoms with Crippen molar-refractivity contribution in [2.75, 3.05) is 19.1 Å². The number of rotatable bonds is 6. The zero-order valence-electron chi connectivity index (χ0n) is 17.8. The van der Waals surface area contributed by atoms with Crippen LogP contribution in [0.3, 0.4) is 0 Å². The molecule has 0 spiro atoms. The third-order valence-corrected chi connectivity index (χ3v) is 5.72. The number of fused-ring (bicyclic) bond motifs is 1. The van der Waals surface area contributed by atoms with E-state index in [1.807, 2.05) is 0 Å². The van der Waals surface area contributed by atoms with Crippen LogP contribution in [0.1, 0.15) is 5.89 Å². The summed E-state index contributed by atoms with van der Waals surface area (Å²) >= 11 is 5.82. The van der Waals surface area contributed by atoms with Crippen LogP contribution in [-0.2, 0) is 16.1 Å². The van der Waals surface area contributed by atoms with Crippen LogP contribution in [0, 0.1) is 5.82 Å². The van der Waals surface area contributed by atoms with Gasteiger partial charge >= 0.3 is 0 Å². The predicted octanol–water partition coefficient (Wildman–Crippen LogP) is 3.04. The van der Waals surface area contributed by atoms with Crippen molar-refractivity contribution in [2.45, 2.75) is 18.6 Å². The number of amides is 2. The summed E-state index contributed by atoms with van der Waals surface area (Å²) < 4.78 is 29.4. The Bertz CT molecular complexity index is 1330. The predicted molar refractivity (Wildman–Crippen MR) is 115 cm³/mol. The molecule has 3 aromatic rings. The molecule has 34 heavy (non-hydrogen) atoms. The summed E-state index contributed by atoms with van der Waals surface area (Å²) in [5.41, 5.74) is 0.725. The number of benzene rings is 2. The highest BCUT2D eigenvalue weighted by Crippen LogP contribution is 2.35. The van der Waals surface area contributed by atoms with Gasteiger partial charge in [0.25, 0.3) is 11.8 Å². The average molecular weight is 487 g/mol. The minimum atomic E-state index is -1.04. The van der Waals surface area contributed by atoms with Crippen molar-refractivity contribution < 1.29 is 28.0 Å². The van der Waals surface area contributed by atoms with E-state index in [0.29, 0.717) is 17.1 Å². The first-order chi connectivity index (χ1) is 16.4. The first kappa shape index (κ1) is 21.8. The Morgan fingerprint density at radius 3 is 2.68 bits per heavy atom. The molecule has 1 saturated heterocycles. The largest absolute Gasteiger partial charge is 0.497 e. The molecule has 1 fully saturated rings. The average Bonchev–Trinajstić information content (AvgIpc) is 3.53. The molecule has 2 aromatic carbocycles. The van der Waals surface area contributed by atoms with Gasteiger partial charge in [-0.25, -0.2) is 9.29 Å². The lowest BCUT2D eigenvalue weighted by Gasteiger charge is -2.19. The fraction of sp³-hybridized carbons (Fsp3) is 0.238. The molecule has 0 bridgehead atoms. The van der Waals surface area contributed by atoms with E-state index in [0.717, 1.165) is 11.0 Å². The summed E-state index contributed by atoms with van der Waals surface area (Å²) in [5.74, 6) is -0.319. The maximum atomic E-state index is 13.5. The van der Waals surface area contributed by atoms with Gasteiger partial charge in [-0.3, -0.25) is 14.6 Å². The van der Waals surface area contributed by atoms with E-state index in [1.165, 1.54) is 24.3 Å². The van der Waals surface area contributed by atoms with Crippen LogP contribution in [0.2, 0.25) is 5.02 Å². The SMILES string of the molecule is COc1ccc(-c2noc(CN3N=N[C@H]4C(=O)N(c5ccc(F)c(Cl)c5)C(=O)[C@H]43)n2)c(OC)c1. The molecule has 3 heterocycles. The zero-order chi connectivity index (χ0) is 24.0. The summed E-state index contributed by atoms with van der Waals surface area (Å²) in [6.45, 7) is -0.0623. The quantitative estimate of drug-likeness (QED) is 0.487. The molecule has 13 heteroatoms. The maximum absolute atomic E-state index is 13.5. The smallest absolute Gasteiger partial charge is 0.263 e. The van der Waals surface area contributed by atoms with Crippen molar-refractivity contribution in [1.29, 1.82) is 0 Å². The molecule has 2 amide bonds. The van der Waals surface area contributed by atoms with Crippen molar-refractivity contribution in [2.24, 2.45) is 10.3 Å². The Labute approximate surface area is 196 Å². The first-order valence-corrected chi connectivity index (χ1v) is 10.3. The fourth-order valence-corrected chi connectivity index (χ4v) is 3.96. The molecule has 0 aliphatic carbocycles. The van der Waals surface area contributed by atoms with Crippen LogP contribution >= 0.6 is 11.6 Å². The number of aromatic nitrogens is 2. The van der Waals surface area contributed by atoms with Crippen molar-refractivity contribution in [3.8, 4) is 22.9 Å². The summed E-state index contributed by atoms with van der Waals surface area (Å²) in [6, 6.07) is 6.69. The molecule has 0 unspecified atom stereocenters. The topological polar surface area (TPSA) is 123 Å². The Kier molecular flexibility index (Phi) is 5.36. The Morgan fingerprint density at radius 2 is 1.94 bits per heavy atom.